The maximum atomic E-state index is 12.4. The number of aromatic amines is 1. The van der Waals surface area contributed by atoms with E-state index in [1.54, 1.807) is 0 Å². The van der Waals surface area contributed by atoms with Crippen molar-refractivity contribution in [3.8, 4) is 0 Å². The number of H-pyrrole nitrogens is 1. The van der Waals surface area contributed by atoms with Crippen LogP contribution < -0.4 is 5.32 Å². The summed E-state index contributed by atoms with van der Waals surface area (Å²) >= 11 is 0. The Morgan fingerprint density at radius 2 is 2.05 bits per heavy atom. The molecule has 0 aromatic carbocycles. The molecule has 104 valence electrons. The Hall–Kier alpha value is -1.43. The number of hydrogen-bond donors (Lipinski definition) is 2. The fraction of sp³-hybridized carbons (Fsp3) is 0.769. The Balaban J connectivity index is 1.69. The average molecular weight is 263 g/mol. The molecule has 0 spiro atoms. The van der Waals surface area contributed by atoms with E-state index in [1.807, 2.05) is 18.9 Å². The lowest BCUT2D eigenvalue weighted by Crippen LogP contribution is -2.48. The number of nitrogens with zero attached hydrogens (tertiary/aromatic N) is 3. The molecule has 3 rings (SSSR count). The van der Waals surface area contributed by atoms with Crippen LogP contribution in [0, 0.1) is 0 Å². The van der Waals surface area contributed by atoms with Crippen LogP contribution in [0.5, 0.6) is 0 Å². The van der Waals surface area contributed by atoms with Gasteiger partial charge < -0.3 is 10.2 Å². The number of aryl methyl sites for hydroxylation is 1. The number of carbonyl (C=O) groups excluding carboxylic acids is 1. The molecular weight excluding hydrogens is 242 g/mol. The zero-order chi connectivity index (χ0) is 13.4. The Morgan fingerprint density at radius 1 is 1.37 bits per heavy atom. The average Bonchev–Trinajstić information content (AvgIpc) is 3.03. The van der Waals surface area contributed by atoms with Crippen molar-refractivity contribution in [1.82, 2.24) is 25.4 Å². The molecule has 2 fully saturated rings. The van der Waals surface area contributed by atoms with Crippen LogP contribution in [-0.4, -0.2) is 51.2 Å². The van der Waals surface area contributed by atoms with Gasteiger partial charge in [0.25, 0.3) is 5.91 Å². The number of rotatable bonds is 3. The largest absolute Gasteiger partial charge is 0.336 e. The van der Waals surface area contributed by atoms with Gasteiger partial charge in [0.05, 0.1) is 0 Å². The lowest BCUT2D eigenvalue weighted by atomic mass is 9.98. The topological polar surface area (TPSA) is 73.9 Å². The van der Waals surface area contributed by atoms with E-state index in [-0.39, 0.29) is 5.91 Å². The van der Waals surface area contributed by atoms with E-state index in [4.69, 9.17) is 0 Å². The van der Waals surface area contributed by atoms with Crippen molar-refractivity contribution in [3.05, 3.63) is 11.6 Å². The van der Waals surface area contributed by atoms with E-state index in [0.717, 1.165) is 25.1 Å². The van der Waals surface area contributed by atoms with Gasteiger partial charge in [-0.15, -0.1) is 5.10 Å². The Kier molecular flexibility index (Phi) is 3.26. The summed E-state index contributed by atoms with van der Waals surface area (Å²) in [5, 5.41) is 10.4. The summed E-state index contributed by atoms with van der Waals surface area (Å²) in [7, 11) is 1.87. The summed E-state index contributed by atoms with van der Waals surface area (Å²) in [5.74, 6) is 0.995. The van der Waals surface area contributed by atoms with E-state index >= 15 is 0 Å². The number of amides is 1. The third kappa shape index (κ3) is 2.36. The fourth-order valence-electron chi connectivity index (χ4n) is 3.22. The minimum absolute atomic E-state index is 0.0674. The molecule has 3 heterocycles. The van der Waals surface area contributed by atoms with Gasteiger partial charge in [0.1, 0.15) is 5.82 Å². The smallest absolute Gasteiger partial charge is 0.293 e. The van der Waals surface area contributed by atoms with Crippen molar-refractivity contribution in [2.75, 3.05) is 7.05 Å². The van der Waals surface area contributed by atoms with E-state index in [2.05, 4.69) is 20.5 Å². The van der Waals surface area contributed by atoms with Crippen LogP contribution in [-0.2, 0) is 6.42 Å². The summed E-state index contributed by atoms with van der Waals surface area (Å²) in [5.41, 5.74) is 0. The molecule has 0 saturated carbocycles. The number of fused-ring (bicyclic) bond motifs is 2. The van der Waals surface area contributed by atoms with Crippen LogP contribution in [0.15, 0.2) is 0 Å². The van der Waals surface area contributed by atoms with Gasteiger partial charge in [-0.25, -0.2) is 4.98 Å². The molecule has 1 amide bonds. The molecule has 2 aliphatic heterocycles. The van der Waals surface area contributed by atoms with Crippen molar-refractivity contribution in [2.24, 2.45) is 0 Å². The first kappa shape index (κ1) is 12.6. The number of aromatic nitrogens is 3. The molecule has 2 aliphatic rings. The second-order valence-corrected chi connectivity index (χ2v) is 5.64. The molecule has 0 radical (unpaired) electrons. The summed E-state index contributed by atoms with van der Waals surface area (Å²) < 4.78 is 0. The monoisotopic (exact) mass is 263 g/mol. The minimum atomic E-state index is -0.0674. The Bertz CT molecular complexity index is 459. The van der Waals surface area contributed by atoms with Gasteiger partial charge in [-0.3, -0.25) is 9.89 Å². The van der Waals surface area contributed by atoms with Crippen molar-refractivity contribution in [1.29, 1.82) is 0 Å². The van der Waals surface area contributed by atoms with Crippen LogP contribution in [0.3, 0.4) is 0 Å². The molecule has 6 nitrogen and oxygen atoms in total. The predicted octanol–water partition coefficient (Wildman–Crippen LogP) is 0.722. The Labute approximate surface area is 113 Å². The summed E-state index contributed by atoms with van der Waals surface area (Å²) in [6.07, 6.45) is 5.34. The van der Waals surface area contributed by atoms with Crippen LogP contribution in [0.2, 0.25) is 0 Å². The van der Waals surface area contributed by atoms with Gasteiger partial charge in [-0.1, -0.05) is 6.92 Å². The van der Waals surface area contributed by atoms with E-state index in [0.29, 0.717) is 23.9 Å². The van der Waals surface area contributed by atoms with Crippen molar-refractivity contribution in [3.63, 3.8) is 0 Å². The lowest BCUT2D eigenvalue weighted by Gasteiger charge is -2.35. The quantitative estimate of drug-likeness (QED) is 0.843. The standard InChI is InChI=1S/C13H21N5O/c1-3-11-15-12(17-16-11)13(19)18(2)10-6-8-4-5-9(7-10)14-8/h8-10,14H,3-7H2,1-2H3,(H,15,16,17). The molecule has 2 bridgehead atoms. The van der Waals surface area contributed by atoms with Gasteiger partial charge in [-0.05, 0) is 25.7 Å². The fourth-order valence-corrected chi connectivity index (χ4v) is 3.22. The van der Waals surface area contributed by atoms with Gasteiger partial charge in [0.15, 0.2) is 0 Å². The second kappa shape index (κ2) is 4.92. The predicted molar refractivity (Wildman–Crippen MR) is 70.8 cm³/mol. The van der Waals surface area contributed by atoms with Crippen LogP contribution in [0.25, 0.3) is 0 Å². The Morgan fingerprint density at radius 3 is 2.63 bits per heavy atom. The van der Waals surface area contributed by atoms with Gasteiger partial charge in [0.2, 0.25) is 5.82 Å². The summed E-state index contributed by atoms with van der Waals surface area (Å²) in [6.45, 7) is 1.99. The maximum Gasteiger partial charge on any atom is 0.293 e. The van der Waals surface area contributed by atoms with Crippen LogP contribution in [0.1, 0.15) is 49.1 Å². The lowest BCUT2D eigenvalue weighted by molar-refractivity contribution is 0.0669. The van der Waals surface area contributed by atoms with Crippen LogP contribution >= 0.6 is 0 Å². The molecule has 6 heteroatoms. The highest BCUT2D eigenvalue weighted by Crippen LogP contribution is 2.29. The normalized spacial score (nSPS) is 29.5. The summed E-state index contributed by atoms with van der Waals surface area (Å²) in [6, 6.07) is 1.48. The number of carbonyl (C=O) groups is 1. The zero-order valence-corrected chi connectivity index (χ0v) is 11.5. The van der Waals surface area contributed by atoms with Gasteiger partial charge in [-0.2, -0.15) is 0 Å². The highest BCUT2D eigenvalue weighted by Gasteiger charge is 2.37. The third-order valence-electron chi connectivity index (χ3n) is 4.37. The molecule has 19 heavy (non-hydrogen) atoms. The third-order valence-corrected chi connectivity index (χ3v) is 4.37. The van der Waals surface area contributed by atoms with Crippen molar-refractivity contribution in [2.45, 2.75) is 57.2 Å². The van der Waals surface area contributed by atoms with Crippen molar-refractivity contribution >= 4 is 5.91 Å². The molecule has 1 aromatic rings. The molecule has 0 aliphatic carbocycles. The zero-order valence-electron chi connectivity index (χ0n) is 11.5. The van der Waals surface area contributed by atoms with Gasteiger partial charge in [0, 0.05) is 31.6 Å². The van der Waals surface area contributed by atoms with E-state index in [1.165, 1.54) is 12.8 Å². The first-order valence-corrected chi connectivity index (χ1v) is 7.12. The second-order valence-electron chi connectivity index (χ2n) is 5.64. The summed E-state index contributed by atoms with van der Waals surface area (Å²) in [4.78, 5) is 18.4. The first-order valence-electron chi connectivity index (χ1n) is 7.12. The van der Waals surface area contributed by atoms with Crippen LogP contribution in [0.4, 0.5) is 0 Å². The molecule has 2 N–H and O–H groups in total. The highest BCUT2D eigenvalue weighted by atomic mass is 16.2. The maximum absolute atomic E-state index is 12.4. The first-order chi connectivity index (χ1) is 9.17. The van der Waals surface area contributed by atoms with E-state index < -0.39 is 0 Å². The number of nitrogens with one attached hydrogen (secondary N) is 2. The SMILES string of the molecule is CCc1nc(C(=O)N(C)C2CC3CCC(C2)N3)n[nH]1. The minimum Gasteiger partial charge on any atom is -0.336 e. The van der Waals surface area contributed by atoms with Gasteiger partial charge >= 0.3 is 0 Å². The van der Waals surface area contributed by atoms with E-state index in [9.17, 15) is 4.79 Å². The molecule has 1 aromatic heterocycles. The molecule has 2 saturated heterocycles. The molecule has 2 unspecified atom stereocenters. The highest BCUT2D eigenvalue weighted by molar-refractivity contribution is 5.90. The number of hydrogen-bond acceptors (Lipinski definition) is 4. The molecule has 2 atom stereocenters. The number of piperidine rings is 1. The molecular formula is C13H21N5O. The van der Waals surface area contributed by atoms with Crippen molar-refractivity contribution < 1.29 is 4.79 Å².